The van der Waals surface area contributed by atoms with E-state index in [-0.39, 0.29) is 31.0 Å². The zero-order valence-electron chi connectivity index (χ0n) is 20.0. The Labute approximate surface area is 206 Å². The highest BCUT2D eigenvalue weighted by Crippen LogP contribution is 2.57. The Morgan fingerprint density at radius 2 is 1.92 bits per heavy atom. The highest BCUT2D eigenvalue weighted by atomic mass is 31.2. The Balaban J connectivity index is 1.31. The molecule has 0 saturated carbocycles. The molecule has 9 nitrogen and oxygen atoms in total. The number of Topliss-reactive ketones (excluding diaryl/α,β-unsaturated/α-hetero) is 1. The summed E-state index contributed by atoms with van der Waals surface area (Å²) in [6, 6.07) is 6.43. The number of nitrogens with zero attached hydrogens (tertiary/aromatic N) is 1. The number of ketones is 1. The maximum Gasteiger partial charge on any atom is 0.475 e. The van der Waals surface area contributed by atoms with Crippen molar-refractivity contribution >= 4 is 13.6 Å². The molecule has 4 heterocycles. The van der Waals surface area contributed by atoms with Gasteiger partial charge in [-0.05, 0) is 44.5 Å². The fraction of sp³-hybridized carbons (Fsp3) is 0.500. The SMILES string of the molecule is CC(=O)c1ccc[n+]([C@@H]2OC(COP3(=O)OCCC(c4cc(F)cc(F)c4)O3)[C@H]3OC(C)(C)O[C@H]32)c1. The van der Waals surface area contributed by atoms with Crippen LogP contribution in [0.4, 0.5) is 8.78 Å². The number of hydrogen-bond donors (Lipinski definition) is 0. The smallest absolute Gasteiger partial charge is 0.341 e. The van der Waals surface area contributed by atoms with Crippen molar-refractivity contribution < 1.29 is 50.5 Å². The van der Waals surface area contributed by atoms with Crippen LogP contribution < -0.4 is 4.57 Å². The first-order valence-electron chi connectivity index (χ1n) is 11.6. The first-order valence-corrected chi connectivity index (χ1v) is 13.0. The zero-order valence-corrected chi connectivity index (χ0v) is 20.9. The van der Waals surface area contributed by atoms with E-state index in [4.69, 9.17) is 27.8 Å². The molecule has 1 aromatic heterocycles. The number of aromatic nitrogens is 1. The molecule has 3 aliphatic rings. The third-order valence-corrected chi connectivity index (χ3v) is 7.66. The number of fused-ring (bicyclic) bond motifs is 1. The molecule has 1 aromatic carbocycles. The summed E-state index contributed by atoms with van der Waals surface area (Å²) in [5.74, 6) is -2.53. The largest absolute Gasteiger partial charge is 0.475 e. The van der Waals surface area contributed by atoms with Crippen molar-refractivity contribution in [2.24, 2.45) is 0 Å². The number of carbonyl (C=O) groups excluding carboxylic acids is 1. The van der Waals surface area contributed by atoms with Crippen LogP contribution in [0.15, 0.2) is 42.7 Å². The molecular weight excluding hydrogens is 499 g/mol. The van der Waals surface area contributed by atoms with Gasteiger partial charge in [0.2, 0.25) is 0 Å². The van der Waals surface area contributed by atoms with Gasteiger partial charge in [-0.3, -0.25) is 18.4 Å². The minimum Gasteiger partial charge on any atom is -0.341 e. The molecule has 0 bridgehead atoms. The molecule has 12 heteroatoms. The van der Waals surface area contributed by atoms with Crippen LogP contribution in [0, 0.1) is 11.6 Å². The number of halogens is 2. The van der Waals surface area contributed by atoms with Gasteiger partial charge in [-0.2, -0.15) is 4.57 Å². The molecule has 2 aromatic rings. The number of phosphoric ester groups is 1. The summed E-state index contributed by atoms with van der Waals surface area (Å²) in [5, 5.41) is 0. The van der Waals surface area contributed by atoms with Crippen LogP contribution in [-0.4, -0.2) is 43.1 Å². The predicted octanol–water partition coefficient (Wildman–Crippen LogP) is 4.18. The summed E-state index contributed by atoms with van der Waals surface area (Å²) in [4.78, 5) is 11.9. The molecule has 3 unspecified atom stereocenters. The molecule has 0 amide bonds. The first kappa shape index (κ1) is 25.5. The minimum atomic E-state index is -4.07. The number of pyridine rings is 1. The maximum absolute atomic E-state index is 13.7. The van der Waals surface area contributed by atoms with Crippen molar-refractivity contribution in [3.63, 3.8) is 0 Å². The van der Waals surface area contributed by atoms with Crippen LogP contribution >= 0.6 is 7.82 Å². The van der Waals surface area contributed by atoms with Gasteiger partial charge < -0.3 is 14.2 Å². The average Bonchev–Trinajstić information content (AvgIpc) is 3.30. The summed E-state index contributed by atoms with van der Waals surface area (Å²) < 4.78 is 77.0. The van der Waals surface area contributed by atoms with Gasteiger partial charge in [-0.1, -0.05) is 0 Å². The van der Waals surface area contributed by atoms with E-state index in [9.17, 15) is 18.1 Å². The molecule has 5 rings (SSSR count). The van der Waals surface area contributed by atoms with E-state index in [1.165, 1.54) is 6.92 Å². The van der Waals surface area contributed by atoms with Crippen molar-refractivity contribution in [2.45, 2.75) is 63.6 Å². The third kappa shape index (κ3) is 5.28. The topological polar surface area (TPSA) is 93.4 Å². The van der Waals surface area contributed by atoms with Crippen molar-refractivity contribution in [2.75, 3.05) is 13.2 Å². The second-order valence-corrected chi connectivity index (χ2v) is 11.0. The number of benzene rings is 1. The molecule has 0 radical (unpaired) electrons. The van der Waals surface area contributed by atoms with Gasteiger partial charge in [0.15, 0.2) is 30.1 Å². The normalized spacial score (nSPS) is 33.4. The van der Waals surface area contributed by atoms with Crippen LogP contribution in [-0.2, 0) is 32.3 Å². The van der Waals surface area contributed by atoms with Gasteiger partial charge in [0.1, 0.15) is 23.8 Å². The summed E-state index contributed by atoms with van der Waals surface area (Å²) >= 11 is 0. The van der Waals surface area contributed by atoms with E-state index >= 15 is 0 Å². The lowest BCUT2D eigenvalue weighted by Gasteiger charge is -2.30. The second-order valence-electron chi connectivity index (χ2n) is 9.39. The Morgan fingerprint density at radius 3 is 2.64 bits per heavy atom. The van der Waals surface area contributed by atoms with E-state index in [0.29, 0.717) is 5.56 Å². The third-order valence-electron chi connectivity index (χ3n) is 6.19. The summed E-state index contributed by atoms with van der Waals surface area (Å²) in [5.41, 5.74) is 0.705. The molecule has 36 heavy (non-hydrogen) atoms. The lowest BCUT2D eigenvalue weighted by molar-refractivity contribution is -0.766. The molecule has 3 aliphatic heterocycles. The summed E-state index contributed by atoms with van der Waals surface area (Å²) in [6.45, 7) is 4.82. The Morgan fingerprint density at radius 1 is 1.19 bits per heavy atom. The van der Waals surface area contributed by atoms with Crippen molar-refractivity contribution in [1.29, 1.82) is 0 Å². The highest BCUT2D eigenvalue weighted by Gasteiger charge is 2.59. The van der Waals surface area contributed by atoms with Crippen molar-refractivity contribution in [3.05, 3.63) is 65.5 Å². The van der Waals surface area contributed by atoms with Crippen LogP contribution in [0.5, 0.6) is 0 Å². The number of hydrogen-bond acceptors (Lipinski definition) is 8. The summed E-state index contributed by atoms with van der Waals surface area (Å²) in [6.07, 6.45) is 0.361. The van der Waals surface area contributed by atoms with Gasteiger partial charge in [0.25, 0.3) is 6.23 Å². The maximum atomic E-state index is 13.7. The molecule has 6 atom stereocenters. The molecule has 3 fully saturated rings. The van der Waals surface area contributed by atoms with E-state index in [0.717, 1.165) is 18.2 Å². The molecule has 0 aliphatic carbocycles. The Bertz CT molecular complexity index is 1190. The lowest BCUT2D eigenvalue weighted by Crippen LogP contribution is -2.46. The van der Waals surface area contributed by atoms with Crippen LogP contribution in [0.25, 0.3) is 0 Å². The fourth-order valence-electron chi connectivity index (χ4n) is 4.62. The lowest BCUT2D eigenvalue weighted by atomic mass is 10.1. The minimum absolute atomic E-state index is 0.0145. The number of carbonyl (C=O) groups is 1. The zero-order chi connectivity index (χ0) is 25.7. The summed E-state index contributed by atoms with van der Waals surface area (Å²) in [7, 11) is -4.07. The quantitative estimate of drug-likeness (QED) is 0.315. The number of phosphoric acid groups is 1. The molecular formula is C24H27F2NO8P+. The van der Waals surface area contributed by atoms with E-state index in [1.54, 1.807) is 42.9 Å². The fourth-order valence-corrected chi connectivity index (χ4v) is 6.02. The Hall–Kier alpha value is -2.11. The van der Waals surface area contributed by atoms with Gasteiger partial charge in [0, 0.05) is 18.6 Å². The van der Waals surface area contributed by atoms with Gasteiger partial charge >= 0.3 is 7.82 Å². The molecule has 3 saturated heterocycles. The Kier molecular flexibility index (Phi) is 6.84. The monoisotopic (exact) mass is 526 g/mol. The van der Waals surface area contributed by atoms with Gasteiger partial charge in [-0.15, -0.1) is 0 Å². The number of ether oxygens (including phenoxy) is 3. The van der Waals surface area contributed by atoms with E-state index in [2.05, 4.69) is 0 Å². The average molecular weight is 526 g/mol. The second kappa shape index (κ2) is 9.64. The highest BCUT2D eigenvalue weighted by molar-refractivity contribution is 7.48. The van der Waals surface area contributed by atoms with Crippen molar-refractivity contribution in [3.8, 4) is 0 Å². The molecule has 0 N–H and O–H groups in total. The van der Waals surface area contributed by atoms with E-state index in [1.807, 2.05) is 0 Å². The molecule has 194 valence electrons. The number of rotatable bonds is 6. The first-order chi connectivity index (χ1) is 17.0. The molecule has 0 spiro atoms. The van der Waals surface area contributed by atoms with Crippen molar-refractivity contribution in [1.82, 2.24) is 0 Å². The predicted molar refractivity (Wildman–Crippen MR) is 119 cm³/mol. The van der Waals surface area contributed by atoms with Gasteiger partial charge in [-0.25, -0.2) is 13.3 Å². The van der Waals surface area contributed by atoms with Gasteiger partial charge in [0.05, 0.1) is 24.9 Å². The van der Waals surface area contributed by atoms with Crippen LogP contribution in [0.1, 0.15) is 55.4 Å². The van der Waals surface area contributed by atoms with Crippen LogP contribution in [0.3, 0.4) is 0 Å². The standard InChI is InChI=1S/C24H27F2NO8P/c1-14(28)15-5-4-7-27(12-15)23-22-21(33-24(2,3)34-22)20(32-23)13-31-36(29)30-8-6-19(35-36)16-9-17(25)11-18(26)10-16/h4-5,7,9-12,19-23H,6,8,13H2,1-3H3/q+1/t19?,20?,21-,22-,23-,36?/m1/s1. The van der Waals surface area contributed by atoms with E-state index < -0.39 is 55.9 Å². The van der Waals surface area contributed by atoms with Crippen LogP contribution in [0.2, 0.25) is 0 Å².